The van der Waals surface area contributed by atoms with Crippen molar-refractivity contribution in [1.82, 2.24) is 9.66 Å². The van der Waals surface area contributed by atoms with Crippen LogP contribution in [0.1, 0.15) is 19.4 Å². The van der Waals surface area contributed by atoms with Crippen LogP contribution in [0, 0.1) is 10.1 Å². The molecule has 0 saturated carbocycles. The molecule has 0 aliphatic carbocycles. The predicted molar refractivity (Wildman–Crippen MR) is 140 cm³/mol. The first-order valence-corrected chi connectivity index (χ1v) is 11.4. The SMILES string of the molecule is COc1cccc2oc(-c3nc4ccccc4c(=O)n3N=Cc3cc([N+](=O)[O-])ccc3OC(C)C)cc12. The molecule has 2 heterocycles. The predicted octanol–water partition coefficient (Wildman–Crippen LogP) is 5.40. The zero-order chi connectivity index (χ0) is 26.1. The van der Waals surface area contributed by atoms with Crippen LogP contribution in [0.25, 0.3) is 33.5 Å². The Morgan fingerprint density at radius 1 is 1.05 bits per heavy atom. The van der Waals surface area contributed by atoms with Crippen LogP contribution in [0.5, 0.6) is 11.5 Å². The summed E-state index contributed by atoms with van der Waals surface area (Å²) in [5, 5.41) is 16.8. The Morgan fingerprint density at radius 3 is 2.62 bits per heavy atom. The van der Waals surface area contributed by atoms with E-state index in [-0.39, 0.29) is 17.6 Å². The lowest BCUT2D eigenvalue weighted by Gasteiger charge is -2.12. The van der Waals surface area contributed by atoms with E-state index in [1.54, 1.807) is 55.6 Å². The van der Waals surface area contributed by atoms with Crippen molar-refractivity contribution in [2.24, 2.45) is 5.10 Å². The Hall–Kier alpha value is -4.99. The van der Waals surface area contributed by atoms with Gasteiger partial charge in [-0.25, -0.2) is 4.98 Å². The van der Waals surface area contributed by atoms with Crippen LogP contribution in [0.4, 0.5) is 5.69 Å². The minimum atomic E-state index is -0.506. The number of para-hydroxylation sites is 1. The molecule has 3 aromatic carbocycles. The van der Waals surface area contributed by atoms with Crippen LogP contribution in [0.2, 0.25) is 0 Å². The number of non-ortho nitro benzene ring substituents is 1. The van der Waals surface area contributed by atoms with Gasteiger partial charge in [-0.15, -0.1) is 0 Å². The average Bonchev–Trinajstić information content (AvgIpc) is 3.33. The molecule has 0 aliphatic rings. The van der Waals surface area contributed by atoms with Crippen molar-refractivity contribution in [2.75, 3.05) is 7.11 Å². The number of aromatic nitrogens is 2. The van der Waals surface area contributed by atoms with E-state index in [1.807, 2.05) is 13.8 Å². The van der Waals surface area contributed by atoms with Crippen LogP contribution < -0.4 is 15.0 Å². The highest BCUT2D eigenvalue weighted by Gasteiger charge is 2.18. The highest BCUT2D eigenvalue weighted by Crippen LogP contribution is 2.33. The molecule has 0 atom stereocenters. The largest absolute Gasteiger partial charge is 0.496 e. The van der Waals surface area contributed by atoms with Crippen molar-refractivity contribution < 1.29 is 18.8 Å². The molecule has 10 heteroatoms. The number of hydrogen-bond acceptors (Lipinski definition) is 8. The van der Waals surface area contributed by atoms with Gasteiger partial charge in [-0.3, -0.25) is 14.9 Å². The molecule has 37 heavy (non-hydrogen) atoms. The summed E-state index contributed by atoms with van der Waals surface area (Å²) in [5.41, 5.74) is 0.798. The Balaban J connectivity index is 1.72. The molecule has 0 radical (unpaired) electrons. The summed E-state index contributed by atoms with van der Waals surface area (Å²) >= 11 is 0. The summed E-state index contributed by atoms with van der Waals surface area (Å²) in [5.74, 6) is 1.46. The first kappa shape index (κ1) is 23.7. The molecule has 0 unspecified atom stereocenters. The average molecular weight is 498 g/mol. The first-order chi connectivity index (χ1) is 17.9. The van der Waals surface area contributed by atoms with E-state index in [4.69, 9.17) is 13.9 Å². The number of nitrogens with zero attached hydrogens (tertiary/aromatic N) is 4. The van der Waals surface area contributed by atoms with E-state index in [1.165, 1.54) is 24.4 Å². The van der Waals surface area contributed by atoms with Gasteiger partial charge < -0.3 is 13.9 Å². The van der Waals surface area contributed by atoms with Crippen molar-refractivity contribution in [2.45, 2.75) is 20.0 Å². The number of fused-ring (bicyclic) bond motifs is 2. The summed E-state index contributed by atoms with van der Waals surface area (Å²) in [7, 11) is 1.56. The first-order valence-electron chi connectivity index (χ1n) is 11.4. The third kappa shape index (κ3) is 4.52. The number of ether oxygens (including phenoxy) is 2. The van der Waals surface area contributed by atoms with Gasteiger partial charge >= 0.3 is 0 Å². The van der Waals surface area contributed by atoms with E-state index in [2.05, 4.69) is 10.1 Å². The van der Waals surface area contributed by atoms with Crippen molar-refractivity contribution >= 4 is 33.8 Å². The highest BCUT2D eigenvalue weighted by atomic mass is 16.6. The van der Waals surface area contributed by atoms with E-state index >= 15 is 0 Å². The standard InChI is InChI=1S/C27H22N4O6/c1-16(2)36-22-12-11-18(31(33)34)13-17(22)15-28-30-26(29-21-8-5-4-7-19(21)27(30)32)25-14-20-23(35-3)9-6-10-24(20)37-25/h4-16H,1-3H3. The highest BCUT2D eigenvalue weighted by molar-refractivity contribution is 5.89. The third-order valence-corrected chi connectivity index (χ3v) is 5.59. The van der Waals surface area contributed by atoms with Crippen molar-refractivity contribution in [3.8, 4) is 23.1 Å². The molecule has 5 rings (SSSR count). The minimum absolute atomic E-state index is 0.133. The minimum Gasteiger partial charge on any atom is -0.496 e. The summed E-state index contributed by atoms with van der Waals surface area (Å²) in [6.45, 7) is 3.68. The molecule has 0 fully saturated rings. The summed E-state index contributed by atoms with van der Waals surface area (Å²) in [6.07, 6.45) is 1.16. The third-order valence-electron chi connectivity index (χ3n) is 5.59. The molecule has 0 N–H and O–H groups in total. The summed E-state index contributed by atoms with van der Waals surface area (Å²) in [6, 6.07) is 18.2. The fourth-order valence-electron chi connectivity index (χ4n) is 3.94. The van der Waals surface area contributed by atoms with E-state index in [0.717, 1.165) is 4.68 Å². The lowest BCUT2D eigenvalue weighted by molar-refractivity contribution is -0.384. The monoisotopic (exact) mass is 498 g/mol. The maximum atomic E-state index is 13.5. The molecule has 10 nitrogen and oxygen atoms in total. The Morgan fingerprint density at radius 2 is 1.86 bits per heavy atom. The molecule has 5 aromatic rings. The quantitative estimate of drug-likeness (QED) is 0.167. The molecule has 0 saturated heterocycles. The molecule has 0 spiro atoms. The van der Waals surface area contributed by atoms with Crippen LogP contribution in [-0.2, 0) is 0 Å². The lowest BCUT2D eigenvalue weighted by atomic mass is 10.2. The topological polar surface area (TPSA) is 122 Å². The molecule has 0 aliphatic heterocycles. The normalized spacial score (nSPS) is 11.6. The van der Waals surface area contributed by atoms with Gasteiger partial charge in [0.1, 0.15) is 17.1 Å². The maximum Gasteiger partial charge on any atom is 0.282 e. The van der Waals surface area contributed by atoms with Crippen LogP contribution in [0.3, 0.4) is 0 Å². The van der Waals surface area contributed by atoms with Gasteiger partial charge in [-0.1, -0.05) is 18.2 Å². The molecule has 0 bridgehead atoms. The number of rotatable bonds is 7. The second-order valence-electron chi connectivity index (χ2n) is 8.44. The Bertz CT molecular complexity index is 1730. The molecule has 0 amide bonds. The number of methoxy groups -OCH3 is 1. The van der Waals surface area contributed by atoms with Crippen LogP contribution >= 0.6 is 0 Å². The van der Waals surface area contributed by atoms with Gasteiger partial charge in [0.2, 0.25) is 5.82 Å². The van der Waals surface area contributed by atoms with E-state index in [9.17, 15) is 14.9 Å². The van der Waals surface area contributed by atoms with Crippen LogP contribution in [0.15, 0.2) is 81.0 Å². The zero-order valence-electron chi connectivity index (χ0n) is 20.2. The van der Waals surface area contributed by atoms with Gasteiger partial charge in [0.25, 0.3) is 11.2 Å². The van der Waals surface area contributed by atoms with Crippen molar-refractivity contribution in [1.29, 1.82) is 0 Å². The summed E-state index contributed by atoms with van der Waals surface area (Å²) < 4.78 is 18.4. The molecular formula is C27H22N4O6. The van der Waals surface area contributed by atoms with Crippen molar-refractivity contribution in [3.63, 3.8) is 0 Å². The smallest absolute Gasteiger partial charge is 0.282 e. The number of hydrogen-bond donors (Lipinski definition) is 0. The molecular weight excluding hydrogens is 476 g/mol. The van der Waals surface area contributed by atoms with E-state index in [0.29, 0.717) is 44.7 Å². The number of furan rings is 1. The molecule has 186 valence electrons. The Kier molecular flexibility index (Phi) is 6.14. The second-order valence-corrected chi connectivity index (χ2v) is 8.44. The van der Waals surface area contributed by atoms with Gasteiger partial charge in [-0.05, 0) is 50.2 Å². The maximum absolute atomic E-state index is 13.5. The summed E-state index contributed by atoms with van der Waals surface area (Å²) in [4.78, 5) is 29.0. The zero-order valence-corrected chi connectivity index (χ0v) is 20.2. The van der Waals surface area contributed by atoms with E-state index < -0.39 is 10.5 Å². The fourth-order valence-corrected chi connectivity index (χ4v) is 3.94. The van der Waals surface area contributed by atoms with Crippen LogP contribution in [-0.4, -0.2) is 34.0 Å². The number of nitro groups is 1. The number of benzene rings is 3. The Labute approximate surface area is 210 Å². The molecule has 2 aromatic heterocycles. The van der Waals surface area contributed by atoms with Crippen molar-refractivity contribution in [3.05, 3.63) is 92.8 Å². The lowest BCUT2D eigenvalue weighted by Crippen LogP contribution is -2.20. The van der Waals surface area contributed by atoms with Gasteiger partial charge in [0.15, 0.2) is 5.76 Å². The fraction of sp³-hybridized carbons (Fsp3) is 0.148. The number of nitro benzene ring substituents is 1. The van der Waals surface area contributed by atoms with Gasteiger partial charge in [0, 0.05) is 17.7 Å². The van der Waals surface area contributed by atoms with Gasteiger partial charge in [-0.2, -0.15) is 9.78 Å². The van der Waals surface area contributed by atoms with Gasteiger partial charge in [0.05, 0.1) is 40.6 Å². The second kappa shape index (κ2) is 9.57.